The maximum atomic E-state index is 14.4. The molecule has 2 aliphatic rings. The van der Waals surface area contributed by atoms with E-state index in [4.69, 9.17) is 0 Å². The molecule has 2 N–H and O–H groups in total. The zero-order chi connectivity index (χ0) is 29.3. The number of halogens is 3. The van der Waals surface area contributed by atoms with Gasteiger partial charge in [-0.05, 0) is 52.7 Å². The summed E-state index contributed by atoms with van der Waals surface area (Å²) >= 11 is 0.992. The first-order valence-corrected chi connectivity index (χ1v) is 13.7. The summed E-state index contributed by atoms with van der Waals surface area (Å²) in [6.45, 7) is 8.65. The van der Waals surface area contributed by atoms with Crippen LogP contribution < -0.4 is 10.2 Å². The largest absolute Gasteiger partial charge is 0.465 e. The van der Waals surface area contributed by atoms with Crippen molar-refractivity contribution in [3.63, 3.8) is 0 Å². The van der Waals surface area contributed by atoms with Crippen molar-refractivity contribution >= 4 is 41.3 Å². The number of hydrogen-bond donors (Lipinski definition) is 2. The van der Waals surface area contributed by atoms with E-state index >= 15 is 0 Å². The van der Waals surface area contributed by atoms with Gasteiger partial charge in [0.15, 0.2) is 0 Å². The highest BCUT2D eigenvalue weighted by Gasteiger charge is 2.45. The Kier molecular flexibility index (Phi) is 9.13. The molecule has 0 radical (unpaired) electrons. The molecule has 9 nitrogen and oxygen atoms in total. The first-order valence-electron chi connectivity index (χ1n) is 12.9. The maximum absolute atomic E-state index is 14.4. The van der Waals surface area contributed by atoms with Crippen LogP contribution in [0.2, 0.25) is 0 Å². The van der Waals surface area contributed by atoms with E-state index in [0.29, 0.717) is 12.8 Å². The van der Waals surface area contributed by atoms with E-state index in [9.17, 15) is 37.5 Å². The van der Waals surface area contributed by atoms with Crippen molar-refractivity contribution in [2.75, 3.05) is 31.1 Å². The van der Waals surface area contributed by atoms with Gasteiger partial charge in [-0.15, -0.1) is 11.8 Å². The molecule has 2 aliphatic heterocycles. The summed E-state index contributed by atoms with van der Waals surface area (Å²) in [6.07, 6.45) is -4.84. The fourth-order valence-corrected chi connectivity index (χ4v) is 6.19. The van der Waals surface area contributed by atoms with Gasteiger partial charge >= 0.3 is 12.3 Å². The smallest absolute Gasteiger partial charge is 0.417 e. The highest BCUT2D eigenvalue weighted by Crippen LogP contribution is 2.48. The maximum Gasteiger partial charge on any atom is 0.417 e. The number of nitrogens with one attached hydrogen (secondary N) is 1. The molecule has 0 aromatic heterocycles. The van der Waals surface area contributed by atoms with Gasteiger partial charge in [-0.25, -0.2) is 4.79 Å². The highest BCUT2D eigenvalue weighted by atomic mass is 32.2. The summed E-state index contributed by atoms with van der Waals surface area (Å²) in [5, 5.41) is 12.1. The lowest BCUT2D eigenvalue weighted by Crippen LogP contribution is -2.54. The molecule has 0 bridgehead atoms. The van der Waals surface area contributed by atoms with E-state index in [1.54, 1.807) is 34.6 Å². The van der Waals surface area contributed by atoms with Crippen LogP contribution in [0.1, 0.15) is 69.8 Å². The molecule has 0 unspecified atom stereocenters. The molecule has 3 rings (SSSR count). The fourth-order valence-electron chi connectivity index (χ4n) is 5.00. The number of rotatable bonds is 7. The van der Waals surface area contributed by atoms with Crippen molar-refractivity contribution < 1.29 is 37.5 Å². The second-order valence-electron chi connectivity index (χ2n) is 10.5. The van der Waals surface area contributed by atoms with Gasteiger partial charge in [0.25, 0.3) is 5.91 Å². The summed E-state index contributed by atoms with van der Waals surface area (Å²) < 4.78 is 42.0. The van der Waals surface area contributed by atoms with Crippen LogP contribution in [0.5, 0.6) is 0 Å². The number of amides is 4. The number of thioether (sulfide) groups is 1. The van der Waals surface area contributed by atoms with E-state index in [1.807, 2.05) is 0 Å². The number of nitrogens with zero attached hydrogens (tertiary/aromatic N) is 3. The summed E-state index contributed by atoms with van der Waals surface area (Å²) in [5.74, 6) is -1.46. The van der Waals surface area contributed by atoms with Crippen molar-refractivity contribution in [2.45, 2.75) is 81.8 Å². The number of likely N-dealkylation sites (tertiary alicyclic amines) is 1. The second-order valence-corrected chi connectivity index (χ2v) is 12.1. The minimum absolute atomic E-state index is 0.00265. The zero-order valence-electron chi connectivity index (χ0n) is 22.7. The number of carbonyl (C=O) groups excluding carboxylic acids is 3. The van der Waals surface area contributed by atoms with Crippen molar-refractivity contribution in [1.29, 1.82) is 0 Å². The minimum atomic E-state index is -4.85. The van der Waals surface area contributed by atoms with Gasteiger partial charge in [0, 0.05) is 43.5 Å². The Morgan fingerprint density at radius 1 is 1.26 bits per heavy atom. The summed E-state index contributed by atoms with van der Waals surface area (Å²) in [6, 6.07) is 0.927. The Balaban J connectivity index is 2.10. The minimum Gasteiger partial charge on any atom is -0.465 e. The lowest BCUT2D eigenvalue weighted by atomic mass is 9.98. The standard InChI is InChI=1S/C26H35F3N4O5S/c1-6-21(34)30-9-11-32-19-12-17(18(26(27,28)29)13-20(19)39-25(4,5)23(32)36)22(35)33(15(2)3)16-8-7-10-31(14-16)24(37)38/h12-13,15-16H,6-11,14H2,1-5H3,(H,30,34)(H,37,38)/t16-/m1/s1. The van der Waals surface area contributed by atoms with Crippen LogP contribution >= 0.6 is 11.8 Å². The number of hydrogen-bond acceptors (Lipinski definition) is 5. The normalized spacial score (nSPS) is 19.1. The Labute approximate surface area is 230 Å². The Bertz CT molecular complexity index is 1140. The molecule has 1 fully saturated rings. The van der Waals surface area contributed by atoms with Crippen molar-refractivity contribution in [3.05, 3.63) is 23.3 Å². The van der Waals surface area contributed by atoms with Gasteiger partial charge in [-0.1, -0.05) is 6.92 Å². The first kappa shape index (κ1) is 30.6. The summed E-state index contributed by atoms with van der Waals surface area (Å²) in [7, 11) is 0. The zero-order valence-corrected chi connectivity index (χ0v) is 23.5. The average molecular weight is 573 g/mol. The van der Waals surface area contributed by atoms with Crippen LogP contribution in [0.15, 0.2) is 17.0 Å². The van der Waals surface area contributed by atoms with Crippen LogP contribution in [0.4, 0.5) is 23.7 Å². The molecule has 1 saturated heterocycles. The van der Waals surface area contributed by atoms with Crippen LogP contribution in [0.3, 0.4) is 0 Å². The molecule has 0 saturated carbocycles. The number of carbonyl (C=O) groups is 4. The van der Waals surface area contributed by atoms with E-state index < -0.39 is 46.1 Å². The predicted molar refractivity (Wildman–Crippen MR) is 141 cm³/mol. The van der Waals surface area contributed by atoms with Crippen LogP contribution in [-0.2, 0) is 15.8 Å². The number of piperidine rings is 1. The van der Waals surface area contributed by atoms with Crippen molar-refractivity contribution in [1.82, 2.24) is 15.1 Å². The molecule has 1 aromatic carbocycles. The SMILES string of the molecule is CCC(=O)NCCN1C(=O)C(C)(C)Sc2cc(C(F)(F)F)c(C(=O)N(C(C)C)[C@@H]3CCCN(C(=O)O)C3)cc21. The summed E-state index contributed by atoms with van der Waals surface area (Å²) in [4.78, 5) is 54.5. The average Bonchev–Trinajstić information content (AvgIpc) is 2.84. The second kappa shape index (κ2) is 11.6. The predicted octanol–water partition coefficient (Wildman–Crippen LogP) is 4.44. The lowest BCUT2D eigenvalue weighted by Gasteiger charge is -2.41. The summed E-state index contributed by atoms with van der Waals surface area (Å²) in [5.41, 5.74) is -1.54. The monoisotopic (exact) mass is 572 g/mol. The molecule has 4 amide bonds. The van der Waals surface area contributed by atoms with Gasteiger partial charge in [0.2, 0.25) is 11.8 Å². The molecule has 216 valence electrons. The Morgan fingerprint density at radius 2 is 1.92 bits per heavy atom. The molecule has 1 aromatic rings. The molecule has 39 heavy (non-hydrogen) atoms. The number of anilines is 1. The lowest BCUT2D eigenvalue weighted by molar-refractivity contribution is -0.138. The topological polar surface area (TPSA) is 110 Å². The van der Waals surface area contributed by atoms with Crippen LogP contribution in [-0.4, -0.2) is 81.7 Å². The first-order chi connectivity index (χ1) is 18.1. The van der Waals surface area contributed by atoms with E-state index in [2.05, 4.69) is 5.32 Å². The third kappa shape index (κ3) is 6.62. The number of fused-ring (bicyclic) bond motifs is 1. The third-order valence-corrected chi connectivity index (χ3v) is 8.11. The van der Waals surface area contributed by atoms with Gasteiger partial charge in [-0.2, -0.15) is 13.2 Å². The highest BCUT2D eigenvalue weighted by molar-refractivity contribution is 8.01. The number of benzene rings is 1. The number of alkyl halides is 3. The van der Waals surface area contributed by atoms with Gasteiger partial charge < -0.3 is 25.1 Å². The van der Waals surface area contributed by atoms with E-state index in [-0.39, 0.29) is 55.0 Å². The number of carboxylic acid groups (broad SMARTS) is 1. The molecule has 0 aliphatic carbocycles. The third-order valence-electron chi connectivity index (χ3n) is 6.88. The van der Waals surface area contributed by atoms with Gasteiger partial charge in [-0.3, -0.25) is 14.4 Å². The van der Waals surface area contributed by atoms with Crippen LogP contribution in [0.25, 0.3) is 0 Å². The van der Waals surface area contributed by atoms with E-state index in [1.165, 1.54) is 9.80 Å². The molecule has 1 atom stereocenters. The Hall–Kier alpha value is -2.96. The fraction of sp³-hybridized carbons (Fsp3) is 0.615. The molecule has 13 heteroatoms. The molecular weight excluding hydrogens is 537 g/mol. The van der Waals surface area contributed by atoms with E-state index in [0.717, 1.165) is 28.8 Å². The van der Waals surface area contributed by atoms with Crippen molar-refractivity contribution in [3.8, 4) is 0 Å². The van der Waals surface area contributed by atoms with Crippen LogP contribution in [0, 0.1) is 0 Å². The Morgan fingerprint density at radius 3 is 2.49 bits per heavy atom. The molecule has 2 heterocycles. The quantitative estimate of drug-likeness (QED) is 0.500. The molecule has 0 spiro atoms. The van der Waals surface area contributed by atoms with Gasteiger partial charge in [0.05, 0.1) is 27.6 Å². The molecular formula is C26H35F3N4O5S. The van der Waals surface area contributed by atoms with Crippen molar-refractivity contribution in [2.24, 2.45) is 0 Å². The van der Waals surface area contributed by atoms with Gasteiger partial charge in [0.1, 0.15) is 0 Å².